The van der Waals surface area contributed by atoms with Crippen molar-refractivity contribution in [3.05, 3.63) is 106 Å². The molecule has 0 saturated heterocycles. The van der Waals surface area contributed by atoms with Gasteiger partial charge in [-0.05, 0) is 78.9 Å². The van der Waals surface area contributed by atoms with Crippen LogP contribution >= 0.6 is 73.7 Å². The highest BCUT2D eigenvalue weighted by Crippen LogP contribution is 2.74. The van der Waals surface area contributed by atoms with Crippen LogP contribution in [0, 0.1) is 0 Å². The number of allylic oxidation sites excluding steroid dienone is 4. The Kier molecular flexibility index (Phi) is 10.8. The van der Waals surface area contributed by atoms with E-state index in [1.165, 1.54) is 0 Å². The van der Waals surface area contributed by atoms with Gasteiger partial charge >= 0.3 is 0 Å². The lowest BCUT2D eigenvalue weighted by Crippen LogP contribution is -2.08. The maximum absolute atomic E-state index is 12.1. The van der Waals surface area contributed by atoms with Crippen molar-refractivity contribution in [2.24, 2.45) is 0 Å². The molecule has 0 N–H and O–H groups in total. The van der Waals surface area contributed by atoms with E-state index >= 15 is 0 Å². The molecule has 9 heteroatoms. The Morgan fingerprint density at radius 2 is 1.08 bits per heavy atom. The average Bonchev–Trinajstić information content (AvgIpc) is 2.93. The molecular weight excluding hydrogens is 764 g/mol. The summed E-state index contributed by atoms with van der Waals surface area (Å²) in [6, 6.07) is 16.6. The van der Waals surface area contributed by atoms with Crippen molar-refractivity contribution in [1.82, 2.24) is 0 Å². The molecule has 4 nitrogen and oxygen atoms in total. The van der Waals surface area contributed by atoms with Crippen LogP contribution in [0.1, 0.15) is 51.3 Å². The summed E-state index contributed by atoms with van der Waals surface area (Å²) in [6.07, 6.45) is 5.59. The number of aldehydes is 4. The second-order valence-electron chi connectivity index (χ2n) is 8.10. The summed E-state index contributed by atoms with van der Waals surface area (Å²) in [4.78, 5) is 51.3. The van der Waals surface area contributed by atoms with Crippen molar-refractivity contribution in [2.75, 3.05) is 0 Å². The van der Waals surface area contributed by atoms with Gasteiger partial charge in [0.15, 0.2) is 25.1 Å². The van der Waals surface area contributed by atoms with Crippen LogP contribution < -0.4 is 0 Å². The van der Waals surface area contributed by atoms with Gasteiger partial charge in [0.1, 0.15) is 0 Å². The van der Waals surface area contributed by atoms with E-state index in [0.717, 1.165) is 49.2 Å². The molecular formula is C29H22Br4O4S. The van der Waals surface area contributed by atoms with Crippen molar-refractivity contribution >= 4 is 98.9 Å². The average molecular weight is 786 g/mol. The molecule has 0 saturated carbocycles. The Morgan fingerprint density at radius 1 is 0.711 bits per heavy atom. The number of hydrogen-bond donors (Lipinski definition) is 0. The van der Waals surface area contributed by atoms with Crippen LogP contribution in [-0.4, -0.2) is 25.1 Å². The van der Waals surface area contributed by atoms with Gasteiger partial charge in [-0.15, -0.1) is 10.0 Å². The number of carbonyl (C=O) groups excluding carboxylic acids is 4. The fraction of sp³-hybridized carbons (Fsp3) is 0.103. The Morgan fingerprint density at radius 3 is 1.37 bits per heavy atom. The topological polar surface area (TPSA) is 68.3 Å². The molecule has 0 spiro atoms. The first-order valence-electron chi connectivity index (χ1n) is 11.3. The van der Waals surface area contributed by atoms with Crippen LogP contribution in [0.3, 0.4) is 0 Å². The molecule has 38 heavy (non-hydrogen) atoms. The summed E-state index contributed by atoms with van der Waals surface area (Å²) in [7, 11) is -2.40. The van der Waals surface area contributed by atoms with E-state index in [4.69, 9.17) is 0 Å². The summed E-state index contributed by atoms with van der Waals surface area (Å²) in [5, 5.41) is 0. The van der Waals surface area contributed by atoms with Crippen LogP contribution in [0.2, 0.25) is 0 Å². The summed E-state index contributed by atoms with van der Waals surface area (Å²) in [5.41, 5.74) is 1.84. The lowest BCUT2D eigenvalue weighted by atomic mass is 10.2. The van der Waals surface area contributed by atoms with Gasteiger partial charge in [-0.1, -0.05) is 70.6 Å². The first kappa shape index (κ1) is 30.6. The zero-order chi connectivity index (χ0) is 28.0. The van der Waals surface area contributed by atoms with E-state index in [1.807, 2.05) is 74.5 Å². The third-order valence-corrected chi connectivity index (χ3v) is 13.1. The smallest absolute Gasteiger partial charge is 0.151 e. The van der Waals surface area contributed by atoms with E-state index in [-0.39, 0.29) is 0 Å². The van der Waals surface area contributed by atoms with Crippen LogP contribution in [0.4, 0.5) is 0 Å². The molecule has 3 aromatic rings. The van der Waals surface area contributed by atoms with Gasteiger partial charge in [0, 0.05) is 54.9 Å². The highest BCUT2D eigenvalue weighted by atomic mass is 79.9. The minimum absolute atomic E-state index is 0.452. The molecule has 0 atom stereocenters. The summed E-state index contributed by atoms with van der Waals surface area (Å²) < 4.78 is 2.67. The molecule has 3 rings (SSSR count). The molecule has 0 aliphatic rings. The van der Waals surface area contributed by atoms with Crippen molar-refractivity contribution in [3.8, 4) is 0 Å². The molecule has 0 aliphatic heterocycles. The van der Waals surface area contributed by atoms with Crippen molar-refractivity contribution in [1.29, 1.82) is 0 Å². The number of carbonyl (C=O) groups is 4. The molecule has 0 radical (unpaired) electrons. The minimum atomic E-state index is -2.40. The quantitative estimate of drug-likeness (QED) is 0.117. The molecule has 0 aliphatic carbocycles. The van der Waals surface area contributed by atoms with Crippen LogP contribution in [0.5, 0.6) is 0 Å². The Hall–Kier alpha value is -1.91. The summed E-state index contributed by atoms with van der Waals surface area (Å²) in [5.74, 6) is 0. The second kappa shape index (κ2) is 13.4. The molecule has 0 amide bonds. The minimum Gasteiger partial charge on any atom is -0.298 e. The Labute approximate surface area is 256 Å². The molecule has 3 aromatic carbocycles. The van der Waals surface area contributed by atoms with Crippen molar-refractivity contribution < 1.29 is 19.2 Å². The highest BCUT2D eigenvalue weighted by molar-refractivity contribution is 9.11. The second-order valence-corrected chi connectivity index (χ2v) is 14.9. The fourth-order valence-corrected chi connectivity index (χ4v) is 9.25. The predicted molar refractivity (Wildman–Crippen MR) is 167 cm³/mol. The lowest BCUT2D eigenvalue weighted by Gasteiger charge is -2.43. The monoisotopic (exact) mass is 782 g/mol. The summed E-state index contributed by atoms with van der Waals surface area (Å²) in [6.45, 7) is 3.88. The van der Waals surface area contributed by atoms with Crippen molar-refractivity contribution in [3.63, 3.8) is 0 Å². The number of hydrogen-bond acceptors (Lipinski definition) is 4. The van der Waals surface area contributed by atoms with E-state index < -0.39 is 10.0 Å². The molecule has 0 bridgehead atoms. The lowest BCUT2D eigenvalue weighted by molar-refractivity contribution is -0.104. The molecule has 0 aromatic heterocycles. The molecule has 0 fully saturated rings. The van der Waals surface area contributed by atoms with Gasteiger partial charge < -0.3 is 0 Å². The van der Waals surface area contributed by atoms with E-state index in [1.54, 1.807) is 0 Å². The van der Waals surface area contributed by atoms with E-state index in [0.29, 0.717) is 42.1 Å². The Balaban J connectivity index is 2.64. The number of benzene rings is 3. The third-order valence-electron chi connectivity index (χ3n) is 5.94. The van der Waals surface area contributed by atoms with Crippen LogP contribution in [-0.2, 0) is 4.79 Å². The first-order valence-corrected chi connectivity index (χ1v) is 16.1. The van der Waals surface area contributed by atoms with Gasteiger partial charge in [0.2, 0.25) is 0 Å². The predicted octanol–water partition coefficient (Wildman–Crippen LogP) is 9.85. The van der Waals surface area contributed by atoms with Gasteiger partial charge in [0.25, 0.3) is 0 Å². The van der Waals surface area contributed by atoms with Gasteiger partial charge in [-0.2, -0.15) is 0 Å². The van der Waals surface area contributed by atoms with Gasteiger partial charge in [-0.3, -0.25) is 19.2 Å². The molecule has 0 unspecified atom stereocenters. The first-order chi connectivity index (χ1) is 18.2. The van der Waals surface area contributed by atoms with Crippen molar-refractivity contribution in [2.45, 2.75) is 35.0 Å². The third kappa shape index (κ3) is 5.97. The van der Waals surface area contributed by atoms with E-state index in [2.05, 4.69) is 63.7 Å². The number of rotatable bonds is 10. The van der Waals surface area contributed by atoms with Crippen LogP contribution in [0.15, 0.2) is 104 Å². The standard InChI is InChI=1S/C29H22Br4O4S/c1-3-26(30)19(14-34)10-18(2)38(23-4-7-27(31)20(11-23)15-35,24-5-8-28(32)21(12-24)16-36)25-6-9-29(33)22(13-25)17-37/h4-17H,3H2,1-2H3/b18-10+,26-19-. The Bertz CT molecular complexity index is 1350. The normalized spacial score (nSPS) is 12.9. The van der Waals surface area contributed by atoms with Crippen LogP contribution in [0.25, 0.3) is 0 Å². The largest absolute Gasteiger partial charge is 0.298 e. The molecule has 196 valence electrons. The maximum Gasteiger partial charge on any atom is 0.151 e. The summed E-state index contributed by atoms with van der Waals surface area (Å²) >= 11 is 13.9. The van der Waals surface area contributed by atoms with E-state index in [9.17, 15) is 19.2 Å². The number of halogens is 4. The zero-order valence-corrected chi connectivity index (χ0v) is 27.5. The van der Waals surface area contributed by atoms with Gasteiger partial charge in [0.05, 0.1) is 0 Å². The maximum atomic E-state index is 12.1. The molecule has 0 heterocycles. The fourth-order valence-electron chi connectivity index (χ4n) is 4.06. The highest BCUT2D eigenvalue weighted by Gasteiger charge is 2.35. The SMILES string of the molecule is CC/C(Br)=C(C=O)\C=C(/C)S(c1ccc(Br)c(C=O)c1)(c1ccc(Br)c(C=O)c1)c1ccc(Br)c(C=O)c1. The zero-order valence-electron chi connectivity index (χ0n) is 20.3. The van der Waals surface area contributed by atoms with Gasteiger partial charge in [-0.25, -0.2) is 0 Å².